The molecule has 2 nitrogen and oxygen atoms in total. The third kappa shape index (κ3) is 13.0. The Hall–Kier alpha value is -6.14. The van der Waals surface area contributed by atoms with Gasteiger partial charge in [0.05, 0.1) is 17.8 Å². The van der Waals surface area contributed by atoms with Crippen molar-refractivity contribution in [2.75, 3.05) is 4.90 Å². The second-order valence-electron chi connectivity index (χ2n) is 21.6. The third-order valence-electron chi connectivity index (χ3n) is 14.8. The van der Waals surface area contributed by atoms with E-state index in [-0.39, 0.29) is 35.5 Å². The smallest absolute Gasteiger partial charge is 0.253 e. The van der Waals surface area contributed by atoms with Crippen molar-refractivity contribution in [1.29, 1.82) is 0 Å². The lowest BCUT2D eigenvalue weighted by molar-refractivity contribution is 0.332. The summed E-state index contributed by atoms with van der Waals surface area (Å²) in [7, 11) is -2.66. The highest BCUT2D eigenvalue weighted by molar-refractivity contribution is 7.31. The molecule has 73 heavy (non-hydrogen) atoms. The largest absolute Gasteiger partial charge is 0.384 e. The van der Waals surface area contributed by atoms with Crippen LogP contribution in [0.4, 0.5) is 5.69 Å². The van der Waals surface area contributed by atoms with E-state index >= 15 is 0 Å². The molecule has 0 saturated heterocycles. The second kappa shape index (κ2) is 25.7. The molecule has 4 unspecified atom stereocenters. The van der Waals surface area contributed by atoms with Crippen LogP contribution in [0, 0.1) is 11.8 Å². The molecule has 3 aromatic rings. The predicted molar refractivity (Wildman–Crippen MR) is 332 cm³/mol. The molecule has 2 aliphatic carbocycles. The van der Waals surface area contributed by atoms with Crippen LogP contribution in [0.3, 0.4) is 0 Å². The molecule has 2 heterocycles. The van der Waals surface area contributed by atoms with E-state index in [1.54, 1.807) is 0 Å². The van der Waals surface area contributed by atoms with Crippen molar-refractivity contribution in [3.63, 3.8) is 0 Å². The number of allylic oxidation sites excluding steroid dienone is 17. The van der Waals surface area contributed by atoms with E-state index in [0.29, 0.717) is 5.92 Å². The van der Waals surface area contributed by atoms with E-state index in [1.165, 1.54) is 54.0 Å². The highest BCUT2D eigenvalue weighted by Gasteiger charge is 2.43. The molecular formula is C68H83BN2SSi. The Kier molecular flexibility index (Phi) is 19.8. The van der Waals surface area contributed by atoms with Gasteiger partial charge >= 0.3 is 0 Å². The maximum atomic E-state index is 4.55. The van der Waals surface area contributed by atoms with Crippen LogP contribution in [-0.4, -0.2) is 26.9 Å². The van der Waals surface area contributed by atoms with Crippen LogP contribution in [0.5, 0.6) is 0 Å². The van der Waals surface area contributed by atoms with E-state index in [2.05, 4.69) is 250 Å². The van der Waals surface area contributed by atoms with E-state index in [0.717, 1.165) is 55.4 Å². The minimum absolute atomic E-state index is 0.0332. The van der Waals surface area contributed by atoms with E-state index in [1.807, 2.05) is 41.7 Å². The fourth-order valence-electron chi connectivity index (χ4n) is 10.8. The Morgan fingerprint density at radius 1 is 0.863 bits per heavy atom. The molecule has 3 aliphatic rings. The number of thiophene rings is 1. The SMILES string of the molecule is C=C/C=C\C=C\[Si](/C=C/C(/C(C=C)=C/C=C)C(C=C)N/C=C1\B(/C=C/CCC=C)c2sc3cc4c(cc3c2N(C(C=C)C/C=C/C(C)C)\C1=C\C(=C)C)C(C)(C)CCC4(C)C)(C1=CCCC=C1)c1ccccc1. The predicted octanol–water partition coefficient (Wildman–Crippen LogP) is 17.0. The monoisotopic (exact) mass is 999 g/mol. The van der Waals surface area contributed by atoms with Crippen LogP contribution in [-0.2, 0) is 10.8 Å². The van der Waals surface area contributed by atoms with Crippen LogP contribution >= 0.6 is 11.3 Å². The van der Waals surface area contributed by atoms with E-state index in [4.69, 9.17) is 0 Å². The fourth-order valence-corrected chi connectivity index (χ4v) is 15.8. The standard InChI is InChI=1S/C68H83BN2SSi/c1-15-21-23-31-44-69-61(50-70-62(20-6)57(53(18-4)34-17-3)41-46-73(45-32-24-22-16-2,55-37-27-25-28-38-55)56-39-29-26-30-40-56)63(47-52(9)10)71(54(19-5)36-33-35-51(7)8)65-58-48-59-60(49-64(58)72-66(65)69)68(13,14)43-42-67(59,11)12/h15-20,22,24-25,27-29,31-35,37-41,44-51,54,57,62,70H,1-6,9,21,23,26,30,36,42-43H2,7-8,10-14H3/b24-22-,35-33+,44-31+,45-32+,46-41+,53-34+,61-50-,63-47+. The van der Waals surface area contributed by atoms with Gasteiger partial charge in [-0.25, -0.2) is 0 Å². The van der Waals surface area contributed by atoms with Crippen molar-refractivity contribution in [1.82, 2.24) is 5.32 Å². The van der Waals surface area contributed by atoms with Crippen LogP contribution in [0.25, 0.3) is 10.1 Å². The molecule has 1 aromatic heterocycles. The maximum Gasteiger partial charge on any atom is 0.253 e. The Bertz CT molecular complexity index is 2840. The molecule has 0 amide bonds. The maximum absolute atomic E-state index is 4.55. The Labute approximate surface area is 447 Å². The summed E-state index contributed by atoms with van der Waals surface area (Å²) in [5.74, 6) is 2.72. The summed E-state index contributed by atoms with van der Waals surface area (Å²) in [4.78, 5) is 2.60. The first-order valence-corrected chi connectivity index (χ1v) is 29.6. The molecule has 6 rings (SSSR count). The summed E-state index contributed by atoms with van der Waals surface area (Å²) in [6.45, 7) is 46.4. The first-order valence-electron chi connectivity index (χ1n) is 26.6. The molecule has 5 heteroatoms. The minimum atomic E-state index is -2.66. The van der Waals surface area contributed by atoms with Gasteiger partial charge in [-0.1, -0.05) is 224 Å². The zero-order valence-electron chi connectivity index (χ0n) is 45.4. The zero-order valence-corrected chi connectivity index (χ0v) is 47.2. The molecule has 1 N–H and O–H groups in total. The number of anilines is 1. The lowest BCUT2D eigenvalue weighted by atomic mass is 9.40. The van der Waals surface area contributed by atoms with Gasteiger partial charge in [-0.05, 0) is 120 Å². The van der Waals surface area contributed by atoms with Crippen LogP contribution in [0.1, 0.15) is 105 Å². The number of hydrogen-bond donors (Lipinski definition) is 1. The summed E-state index contributed by atoms with van der Waals surface area (Å²) in [6.07, 6.45) is 48.4. The Morgan fingerprint density at radius 3 is 2.22 bits per heavy atom. The summed E-state index contributed by atoms with van der Waals surface area (Å²) < 4.78 is 2.67. The van der Waals surface area contributed by atoms with Crippen molar-refractivity contribution in [3.8, 4) is 0 Å². The second-order valence-corrected chi connectivity index (χ2v) is 26.2. The van der Waals surface area contributed by atoms with Crippen LogP contribution in [0.15, 0.2) is 249 Å². The molecule has 0 spiro atoms. The number of hydrogen-bond acceptors (Lipinski definition) is 3. The fraction of sp³-hybridized carbons (Fsp3) is 0.294. The highest BCUT2D eigenvalue weighted by atomic mass is 32.1. The van der Waals surface area contributed by atoms with E-state index < -0.39 is 8.07 Å². The number of rotatable bonds is 24. The normalized spacial score (nSPS) is 19.9. The third-order valence-corrected chi connectivity index (χ3v) is 20.1. The summed E-state index contributed by atoms with van der Waals surface area (Å²) in [5, 5.41) is 8.04. The Morgan fingerprint density at radius 2 is 1.60 bits per heavy atom. The number of nitrogens with zero attached hydrogens (tertiary/aromatic N) is 1. The molecule has 0 radical (unpaired) electrons. The van der Waals surface area contributed by atoms with Gasteiger partial charge in [0.1, 0.15) is 0 Å². The summed E-state index contributed by atoms with van der Waals surface area (Å²) in [5.41, 5.74) is 13.7. The lowest BCUT2D eigenvalue weighted by Gasteiger charge is -2.43. The molecular weight excluding hydrogens is 916 g/mol. The van der Waals surface area contributed by atoms with Crippen molar-refractivity contribution >= 4 is 51.9 Å². The lowest BCUT2D eigenvalue weighted by Crippen LogP contribution is -2.48. The van der Waals surface area contributed by atoms with Crippen LogP contribution in [0.2, 0.25) is 0 Å². The van der Waals surface area contributed by atoms with Crippen molar-refractivity contribution in [3.05, 3.63) is 260 Å². The number of benzene rings is 2. The number of nitrogens with one attached hydrogen (secondary N) is 1. The first kappa shape index (κ1) is 56.2. The molecule has 4 atom stereocenters. The van der Waals surface area contributed by atoms with Gasteiger partial charge in [0.15, 0.2) is 8.07 Å². The van der Waals surface area contributed by atoms with Gasteiger partial charge in [0, 0.05) is 26.5 Å². The highest BCUT2D eigenvalue weighted by Crippen LogP contribution is 2.50. The average Bonchev–Trinajstić information content (AvgIpc) is 3.75. The first-order chi connectivity index (χ1) is 35.1. The topological polar surface area (TPSA) is 15.3 Å². The number of unbranched alkanes of at least 4 members (excludes halogenated alkanes) is 1. The van der Waals surface area contributed by atoms with E-state index in [9.17, 15) is 0 Å². The van der Waals surface area contributed by atoms with Crippen molar-refractivity contribution in [2.45, 2.75) is 116 Å². The quantitative estimate of drug-likeness (QED) is 0.0416. The summed E-state index contributed by atoms with van der Waals surface area (Å²) in [6, 6.07) is 15.9. The van der Waals surface area contributed by atoms with Gasteiger partial charge in [0.25, 0.3) is 6.71 Å². The molecule has 0 saturated carbocycles. The molecule has 1 aliphatic heterocycles. The van der Waals surface area contributed by atoms with Crippen LogP contribution < -0.4 is 20.2 Å². The summed E-state index contributed by atoms with van der Waals surface area (Å²) >= 11 is 1.95. The van der Waals surface area contributed by atoms with Gasteiger partial charge in [-0.3, -0.25) is 0 Å². The molecule has 378 valence electrons. The van der Waals surface area contributed by atoms with Crippen molar-refractivity contribution < 1.29 is 0 Å². The molecule has 0 fully saturated rings. The van der Waals surface area contributed by atoms with Gasteiger partial charge < -0.3 is 10.2 Å². The molecule has 0 bridgehead atoms. The average molecular weight is 999 g/mol. The zero-order chi connectivity index (χ0) is 52.8. The number of fused-ring (bicyclic) bond motifs is 4. The van der Waals surface area contributed by atoms with Crippen molar-refractivity contribution in [2.24, 2.45) is 11.8 Å². The van der Waals surface area contributed by atoms with Gasteiger partial charge in [0.2, 0.25) is 0 Å². The van der Waals surface area contributed by atoms with Gasteiger partial charge in [-0.2, -0.15) is 0 Å². The minimum Gasteiger partial charge on any atom is -0.384 e. The van der Waals surface area contributed by atoms with Gasteiger partial charge in [-0.15, -0.1) is 37.0 Å². The Balaban J connectivity index is 1.63. The molecule has 2 aromatic carbocycles.